The maximum absolute atomic E-state index is 11.9. The Kier molecular flexibility index (Phi) is 4.92. The van der Waals surface area contributed by atoms with Crippen LogP contribution in [-0.4, -0.2) is 31.4 Å². The molecule has 1 aromatic carbocycles. The number of rotatable bonds is 0. The average Bonchev–Trinajstić information content (AvgIpc) is 3.06. The summed E-state index contributed by atoms with van der Waals surface area (Å²) >= 11 is 0. The first kappa shape index (κ1) is 16.8. The van der Waals surface area contributed by atoms with Crippen LogP contribution in [0.25, 0.3) is 0 Å². The highest BCUT2D eigenvalue weighted by atomic mass is 16.5. The normalized spacial score (nSPS) is 35.9. The number of fused-ring (bicyclic) bond motifs is 4. The minimum absolute atomic E-state index is 0.270. The second-order valence-electron chi connectivity index (χ2n) is 7.61. The second kappa shape index (κ2) is 7.32. The zero-order chi connectivity index (χ0) is 17.2. The highest BCUT2D eigenvalue weighted by Crippen LogP contribution is 2.39. The van der Waals surface area contributed by atoms with Crippen molar-refractivity contribution in [2.45, 2.75) is 51.0 Å². The lowest BCUT2D eigenvalue weighted by atomic mass is 9.78. The van der Waals surface area contributed by atoms with Gasteiger partial charge in [0, 0.05) is 12.6 Å². The topological polar surface area (TPSA) is 71.6 Å². The van der Waals surface area contributed by atoms with Crippen LogP contribution in [0.5, 0.6) is 0 Å². The number of cyclic esters (lactones) is 1. The van der Waals surface area contributed by atoms with Crippen molar-refractivity contribution < 1.29 is 14.3 Å². The molecule has 4 rings (SSSR count). The van der Waals surface area contributed by atoms with Gasteiger partial charge in [0.2, 0.25) is 0 Å². The van der Waals surface area contributed by atoms with Crippen LogP contribution < -0.4 is 16.2 Å². The SMILES string of the molecule is CC1CNC(=O)OCc2cccc(c2)C2NNC3CCC(CC32)OC1. The lowest BCUT2D eigenvalue weighted by Gasteiger charge is -2.33. The van der Waals surface area contributed by atoms with Crippen molar-refractivity contribution in [3.63, 3.8) is 0 Å². The van der Waals surface area contributed by atoms with E-state index >= 15 is 0 Å². The third-order valence-corrected chi connectivity index (χ3v) is 5.60. The summed E-state index contributed by atoms with van der Waals surface area (Å²) in [4.78, 5) is 11.9. The van der Waals surface area contributed by atoms with Gasteiger partial charge >= 0.3 is 6.09 Å². The highest BCUT2D eigenvalue weighted by molar-refractivity contribution is 5.67. The number of amides is 1. The molecule has 1 saturated heterocycles. The molecule has 2 heterocycles. The lowest BCUT2D eigenvalue weighted by Crippen LogP contribution is -2.38. The number of hydrazine groups is 1. The minimum atomic E-state index is -0.369. The van der Waals surface area contributed by atoms with Crippen LogP contribution in [0, 0.1) is 11.8 Å². The molecule has 6 heteroatoms. The number of ether oxygens (including phenoxy) is 2. The van der Waals surface area contributed by atoms with Crippen LogP contribution in [0.4, 0.5) is 4.79 Å². The van der Waals surface area contributed by atoms with Crippen molar-refractivity contribution in [2.24, 2.45) is 11.8 Å². The molecule has 1 saturated carbocycles. The Bertz CT molecular complexity index is 624. The molecule has 1 aliphatic carbocycles. The number of alkyl carbamates (subject to hydrolysis) is 1. The smallest absolute Gasteiger partial charge is 0.407 e. The Morgan fingerprint density at radius 2 is 2.12 bits per heavy atom. The molecule has 3 N–H and O–H groups in total. The predicted octanol–water partition coefficient (Wildman–Crippen LogP) is 2.27. The first-order valence-corrected chi connectivity index (χ1v) is 9.31. The van der Waals surface area contributed by atoms with Crippen LogP contribution >= 0.6 is 0 Å². The Morgan fingerprint density at radius 1 is 1.20 bits per heavy atom. The molecule has 136 valence electrons. The van der Waals surface area contributed by atoms with Gasteiger partial charge in [-0.1, -0.05) is 31.2 Å². The lowest BCUT2D eigenvalue weighted by molar-refractivity contribution is -0.00666. The molecule has 2 aliphatic heterocycles. The molecule has 0 aromatic heterocycles. The monoisotopic (exact) mass is 345 g/mol. The van der Waals surface area contributed by atoms with Crippen molar-refractivity contribution in [2.75, 3.05) is 13.2 Å². The van der Waals surface area contributed by atoms with Gasteiger partial charge in [-0.05, 0) is 42.2 Å². The summed E-state index contributed by atoms with van der Waals surface area (Å²) in [6.07, 6.45) is 3.21. The van der Waals surface area contributed by atoms with Crippen LogP contribution in [0.1, 0.15) is 43.4 Å². The average molecular weight is 345 g/mol. The molecule has 3 aliphatic rings. The molecule has 1 aromatic rings. The Labute approximate surface area is 148 Å². The standard InChI is InChI=1S/C19H27N3O3/c1-12-9-20-19(23)25-11-13-3-2-4-14(7-13)18-16-8-15(24-10-12)5-6-17(16)21-22-18/h2-4,7,12,15-18,21-22H,5-6,8-11H2,1H3,(H,20,23). The van der Waals surface area contributed by atoms with Gasteiger partial charge in [0.15, 0.2) is 0 Å². The number of hydrogen-bond donors (Lipinski definition) is 3. The fraction of sp³-hybridized carbons (Fsp3) is 0.632. The van der Waals surface area contributed by atoms with Crippen molar-refractivity contribution in [3.05, 3.63) is 35.4 Å². The molecule has 25 heavy (non-hydrogen) atoms. The largest absolute Gasteiger partial charge is 0.445 e. The molecule has 1 amide bonds. The molecule has 5 unspecified atom stereocenters. The number of benzene rings is 1. The van der Waals surface area contributed by atoms with Gasteiger partial charge in [0.25, 0.3) is 0 Å². The van der Waals surface area contributed by atoms with E-state index in [1.54, 1.807) is 0 Å². The van der Waals surface area contributed by atoms with Crippen LogP contribution in [0.15, 0.2) is 24.3 Å². The molecular weight excluding hydrogens is 318 g/mol. The first-order valence-electron chi connectivity index (χ1n) is 9.31. The van der Waals surface area contributed by atoms with Gasteiger partial charge in [-0.3, -0.25) is 5.43 Å². The van der Waals surface area contributed by atoms with Crippen molar-refractivity contribution in [3.8, 4) is 0 Å². The van der Waals surface area contributed by atoms with Crippen molar-refractivity contribution in [1.82, 2.24) is 16.2 Å². The summed E-state index contributed by atoms with van der Waals surface area (Å²) in [5.74, 6) is 0.794. The van der Waals surface area contributed by atoms with E-state index < -0.39 is 0 Å². The number of hydrogen-bond acceptors (Lipinski definition) is 5. The van der Waals surface area contributed by atoms with Gasteiger partial charge in [0.1, 0.15) is 6.61 Å². The van der Waals surface area contributed by atoms with E-state index in [4.69, 9.17) is 9.47 Å². The van der Waals surface area contributed by atoms with Gasteiger partial charge in [-0.2, -0.15) is 0 Å². The Hall–Kier alpha value is -1.63. The van der Waals surface area contributed by atoms with Gasteiger partial charge in [0.05, 0.1) is 18.8 Å². The van der Waals surface area contributed by atoms with E-state index in [1.165, 1.54) is 5.56 Å². The highest BCUT2D eigenvalue weighted by Gasteiger charge is 2.41. The van der Waals surface area contributed by atoms with Crippen molar-refractivity contribution >= 4 is 6.09 Å². The zero-order valence-electron chi connectivity index (χ0n) is 14.7. The predicted molar refractivity (Wildman–Crippen MR) is 93.7 cm³/mol. The third-order valence-electron chi connectivity index (χ3n) is 5.60. The fourth-order valence-electron chi connectivity index (χ4n) is 4.19. The van der Waals surface area contributed by atoms with E-state index in [2.05, 4.69) is 35.2 Å². The number of carbonyl (C=O) groups is 1. The maximum Gasteiger partial charge on any atom is 0.407 e. The molecule has 6 nitrogen and oxygen atoms in total. The van der Waals surface area contributed by atoms with E-state index in [-0.39, 0.29) is 18.1 Å². The van der Waals surface area contributed by atoms with Crippen LogP contribution in [-0.2, 0) is 16.1 Å². The Balaban J connectivity index is 1.58. The summed E-state index contributed by atoms with van der Waals surface area (Å²) < 4.78 is 11.5. The first-order chi connectivity index (χ1) is 12.2. The van der Waals surface area contributed by atoms with Crippen molar-refractivity contribution in [1.29, 1.82) is 0 Å². The molecule has 2 fully saturated rings. The van der Waals surface area contributed by atoms with E-state index in [0.29, 0.717) is 37.8 Å². The Morgan fingerprint density at radius 3 is 3.04 bits per heavy atom. The van der Waals surface area contributed by atoms with Crippen LogP contribution in [0.3, 0.4) is 0 Å². The number of nitrogens with one attached hydrogen (secondary N) is 3. The molecule has 5 atom stereocenters. The summed E-state index contributed by atoms with van der Waals surface area (Å²) in [7, 11) is 0. The van der Waals surface area contributed by atoms with Gasteiger partial charge < -0.3 is 14.8 Å². The third kappa shape index (κ3) is 3.81. The second-order valence-corrected chi connectivity index (χ2v) is 7.61. The molecular formula is C19H27N3O3. The molecule has 4 bridgehead atoms. The summed E-state index contributed by atoms with van der Waals surface area (Å²) in [5, 5.41) is 2.83. The summed E-state index contributed by atoms with van der Waals surface area (Å²) in [6.45, 7) is 3.63. The fourth-order valence-corrected chi connectivity index (χ4v) is 4.19. The molecule has 0 spiro atoms. The van der Waals surface area contributed by atoms with Gasteiger partial charge in [-0.15, -0.1) is 0 Å². The quantitative estimate of drug-likeness (QED) is 0.673. The van der Waals surface area contributed by atoms with E-state index in [9.17, 15) is 4.79 Å². The number of carbonyl (C=O) groups excluding carboxylic acids is 1. The van der Waals surface area contributed by atoms with Crippen LogP contribution in [0.2, 0.25) is 0 Å². The summed E-state index contributed by atoms with van der Waals surface area (Å²) in [6, 6.07) is 9.11. The van der Waals surface area contributed by atoms with Gasteiger partial charge in [-0.25, -0.2) is 10.2 Å². The van der Waals surface area contributed by atoms with E-state index in [1.807, 2.05) is 12.1 Å². The molecule has 0 radical (unpaired) electrons. The minimum Gasteiger partial charge on any atom is -0.445 e. The van der Waals surface area contributed by atoms with E-state index in [0.717, 1.165) is 24.8 Å². The summed E-state index contributed by atoms with van der Waals surface area (Å²) in [5.41, 5.74) is 9.21. The maximum atomic E-state index is 11.9. The zero-order valence-corrected chi connectivity index (χ0v) is 14.7.